The molecule has 184 valence electrons. The fourth-order valence-electron chi connectivity index (χ4n) is 3.67. The number of ether oxygens (including phenoxy) is 1. The highest BCUT2D eigenvalue weighted by Crippen LogP contribution is 2.32. The first-order valence-electron chi connectivity index (χ1n) is 11.1. The fraction of sp³-hybridized carbons (Fsp3) is 0.148. The Kier molecular flexibility index (Phi) is 7.39. The summed E-state index contributed by atoms with van der Waals surface area (Å²) in [5.41, 5.74) is 3.79. The van der Waals surface area contributed by atoms with Crippen molar-refractivity contribution in [3.63, 3.8) is 0 Å². The van der Waals surface area contributed by atoms with Crippen molar-refractivity contribution in [3.05, 3.63) is 95.2 Å². The summed E-state index contributed by atoms with van der Waals surface area (Å²) in [4.78, 5) is 23.2. The van der Waals surface area contributed by atoms with E-state index in [2.05, 4.69) is 10.5 Å². The van der Waals surface area contributed by atoms with Crippen LogP contribution < -0.4 is 5.32 Å². The quantitative estimate of drug-likeness (QED) is 0.312. The lowest BCUT2D eigenvalue weighted by atomic mass is 10.0. The van der Waals surface area contributed by atoms with Crippen LogP contribution in [0, 0.1) is 18.6 Å². The number of carboxylic acids is 1. The molecular formula is C27H22F2N2O5. The summed E-state index contributed by atoms with van der Waals surface area (Å²) in [6.07, 6.45) is -0.958. The number of halogens is 2. The van der Waals surface area contributed by atoms with E-state index in [1.54, 1.807) is 31.2 Å². The largest absolute Gasteiger partial charge is 0.481 e. The van der Waals surface area contributed by atoms with Gasteiger partial charge in [0, 0.05) is 17.5 Å². The molecule has 2 N–H and O–H groups in total. The molecule has 0 saturated carbocycles. The Morgan fingerprint density at radius 3 is 2.14 bits per heavy atom. The summed E-state index contributed by atoms with van der Waals surface area (Å²) in [6.45, 7) is 1.44. The lowest BCUT2D eigenvalue weighted by Gasteiger charge is -2.09. The molecule has 0 saturated heterocycles. The van der Waals surface area contributed by atoms with Gasteiger partial charge in [-0.25, -0.2) is 13.6 Å². The highest BCUT2D eigenvalue weighted by molar-refractivity contribution is 5.91. The van der Waals surface area contributed by atoms with Gasteiger partial charge in [-0.3, -0.25) is 10.1 Å². The van der Waals surface area contributed by atoms with Crippen LogP contribution in [0.4, 0.5) is 19.3 Å². The minimum absolute atomic E-state index is 0.0394. The number of hydrogen-bond donors (Lipinski definition) is 2. The Labute approximate surface area is 205 Å². The second kappa shape index (κ2) is 10.8. The number of benzene rings is 3. The lowest BCUT2D eigenvalue weighted by molar-refractivity contribution is -0.136. The third-order valence-corrected chi connectivity index (χ3v) is 5.53. The van der Waals surface area contributed by atoms with Crippen LogP contribution in [-0.2, 0) is 22.4 Å². The average Bonchev–Trinajstić information content (AvgIpc) is 3.21. The van der Waals surface area contributed by atoms with Gasteiger partial charge in [-0.1, -0.05) is 59.8 Å². The summed E-state index contributed by atoms with van der Waals surface area (Å²) in [7, 11) is 0. The molecule has 36 heavy (non-hydrogen) atoms. The number of aryl methyl sites for hydroxylation is 1. The van der Waals surface area contributed by atoms with Gasteiger partial charge in [-0.15, -0.1) is 0 Å². The first kappa shape index (κ1) is 24.6. The van der Waals surface area contributed by atoms with Crippen LogP contribution in [0.5, 0.6) is 0 Å². The summed E-state index contributed by atoms with van der Waals surface area (Å²) >= 11 is 0. The number of aliphatic carboxylic acids is 1. The van der Waals surface area contributed by atoms with Crippen LogP contribution in [0.15, 0.2) is 71.3 Å². The van der Waals surface area contributed by atoms with Gasteiger partial charge in [0.15, 0.2) is 5.76 Å². The zero-order valence-electron chi connectivity index (χ0n) is 19.3. The van der Waals surface area contributed by atoms with Crippen molar-refractivity contribution in [2.45, 2.75) is 19.8 Å². The van der Waals surface area contributed by atoms with Gasteiger partial charge in [0.2, 0.25) is 0 Å². The first-order chi connectivity index (χ1) is 17.3. The Bertz CT molecular complexity index is 1360. The summed E-state index contributed by atoms with van der Waals surface area (Å²) in [5.74, 6) is -1.96. The van der Waals surface area contributed by atoms with Crippen molar-refractivity contribution in [1.82, 2.24) is 5.16 Å². The number of rotatable bonds is 8. The molecule has 0 radical (unpaired) electrons. The van der Waals surface area contributed by atoms with Crippen LogP contribution in [0.3, 0.4) is 0 Å². The summed E-state index contributed by atoms with van der Waals surface area (Å²) < 4.78 is 38.0. The number of amides is 1. The fourth-order valence-corrected chi connectivity index (χ4v) is 3.67. The van der Waals surface area contributed by atoms with E-state index in [-0.39, 0.29) is 25.0 Å². The van der Waals surface area contributed by atoms with Crippen molar-refractivity contribution in [3.8, 4) is 22.5 Å². The van der Waals surface area contributed by atoms with Gasteiger partial charge in [0.25, 0.3) is 0 Å². The summed E-state index contributed by atoms with van der Waals surface area (Å²) in [5, 5.41) is 15.4. The summed E-state index contributed by atoms with van der Waals surface area (Å²) in [6, 6.07) is 18.1. The van der Waals surface area contributed by atoms with E-state index in [0.29, 0.717) is 28.3 Å². The Morgan fingerprint density at radius 2 is 1.53 bits per heavy atom. The van der Waals surface area contributed by atoms with Crippen LogP contribution in [0.2, 0.25) is 0 Å². The third kappa shape index (κ3) is 5.75. The number of hydrogen-bond acceptors (Lipinski definition) is 5. The maximum absolute atomic E-state index is 13.7. The topological polar surface area (TPSA) is 102 Å². The monoisotopic (exact) mass is 492 g/mol. The highest BCUT2D eigenvalue weighted by atomic mass is 19.1. The van der Waals surface area contributed by atoms with Gasteiger partial charge in [0.1, 0.15) is 23.0 Å². The third-order valence-electron chi connectivity index (χ3n) is 5.53. The highest BCUT2D eigenvalue weighted by Gasteiger charge is 2.19. The van der Waals surface area contributed by atoms with Crippen LogP contribution >= 0.6 is 0 Å². The van der Waals surface area contributed by atoms with Crippen LogP contribution in [-0.4, -0.2) is 28.9 Å². The Morgan fingerprint density at radius 1 is 0.944 bits per heavy atom. The number of carbonyl (C=O) groups excluding carboxylic acids is 1. The number of carboxylic acid groups (broad SMARTS) is 1. The molecule has 4 aromatic rings. The number of nitrogens with zero attached hydrogens (tertiary/aromatic N) is 1. The van der Waals surface area contributed by atoms with Crippen molar-refractivity contribution < 1.29 is 32.7 Å². The maximum Gasteiger partial charge on any atom is 0.411 e. The molecule has 1 aromatic heterocycles. The smallest absolute Gasteiger partial charge is 0.411 e. The second-order valence-electron chi connectivity index (χ2n) is 8.03. The molecule has 0 bridgehead atoms. The zero-order valence-corrected chi connectivity index (χ0v) is 19.3. The van der Waals surface area contributed by atoms with Crippen molar-refractivity contribution >= 4 is 17.7 Å². The SMILES string of the molecule is Cc1noc(-c2ccc(-c3ccc(CC(=O)O)cc3)cc2)c1NC(=O)OCCc1c(F)cccc1F. The van der Waals surface area contributed by atoms with Crippen molar-refractivity contribution in [1.29, 1.82) is 0 Å². The van der Waals surface area contributed by atoms with Gasteiger partial charge in [-0.05, 0) is 35.7 Å². The number of anilines is 1. The molecule has 0 aliphatic heterocycles. The van der Waals surface area contributed by atoms with Gasteiger partial charge >= 0.3 is 12.1 Å². The van der Waals surface area contributed by atoms with E-state index in [1.165, 1.54) is 6.07 Å². The molecule has 1 heterocycles. The predicted octanol–water partition coefficient (Wildman–Crippen LogP) is 6.01. The zero-order chi connectivity index (χ0) is 25.7. The minimum Gasteiger partial charge on any atom is -0.481 e. The molecule has 0 atom stereocenters. The lowest BCUT2D eigenvalue weighted by Crippen LogP contribution is -2.16. The Balaban J connectivity index is 1.42. The normalized spacial score (nSPS) is 10.8. The number of carbonyl (C=O) groups is 2. The van der Waals surface area contributed by atoms with Crippen LogP contribution in [0.25, 0.3) is 22.5 Å². The molecule has 0 aliphatic carbocycles. The molecule has 0 spiro atoms. The molecule has 7 nitrogen and oxygen atoms in total. The standard InChI is InChI=1S/C27H22F2N2O5/c1-16-25(30-27(34)35-14-13-21-22(28)3-2-4-23(21)29)26(36-31-16)20-11-9-19(10-12-20)18-7-5-17(6-8-18)15-24(32)33/h2-12H,13-15H2,1H3,(H,30,34)(H,32,33). The number of aromatic nitrogens is 1. The molecule has 0 unspecified atom stereocenters. The molecule has 0 fully saturated rings. The second-order valence-corrected chi connectivity index (χ2v) is 8.03. The Hall–Kier alpha value is -4.53. The molecule has 3 aromatic carbocycles. The van der Waals surface area contributed by atoms with E-state index in [0.717, 1.165) is 23.3 Å². The van der Waals surface area contributed by atoms with Crippen molar-refractivity contribution in [2.24, 2.45) is 0 Å². The molecule has 4 rings (SSSR count). The molecule has 0 aliphatic rings. The number of nitrogens with one attached hydrogen (secondary N) is 1. The molecule has 1 amide bonds. The van der Waals surface area contributed by atoms with Crippen LogP contribution in [0.1, 0.15) is 16.8 Å². The average molecular weight is 492 g/mol. The predicted molar refractivity (Wildman–Crippen MR) is 128 cm³/mol. The van der Waals surface area contributed by atoms with E-state index in [1.807, 2.05) is 24.3 Å². The van der Waals surface area contributed by atoms with E-state index in [4.69, 9.17) is 14.4 Å². The molecular weight excluding hydrogens is 470 g/mol. The first-order valence-corrected chi connectivity index (χ1v) is 11.1. The van der Waals surface area contributed by atoms with Gasteiger partial charge < -0.3 is 14.4 Å². The van der Waals surface area contributed by atoms with Crippen molar-refractivity contribution in [2.75, 3.05) is 11.9 Å². The van der Waals surface area contributed by atoms with E-state index < -0.39 is 23.7 Å². The van der Waals surface area contributed by atoms with Gasteiger partial charge in [-0.2, -0.15) is 0 Å². The minimum atomic E-state index is -0.887. The molecule has 9 heteroatoms. The van der Waals surface area contributed by atoms with E-state index >= 15 is 0 Å². The maximum atomic E-state index is 13.7. The van der Waals surface area contributed by atoms with Gasteiger partial charge in [0.05, 0.1) is 13.0 Å². The van der Waals surface area contributed by atoms with E-state index in [9.17, 15) is 18.4 Å².